The molecule has 2 heterocycles. The quantitative estimate of drug-likeness (QED) is 0.778. The first-order chi connectivity index (χ1) is 7.65. The molecule has 1 aliphatic rings. The minimum atomic E-state index is 0.0169. The van der Waals surface area contributed by atoms with Crippen LogP contribution in [0, 0.1) is 4.77 Å². The van der Waals surface area contributed by atoms with Gasteiger partial charge < -0.3 is 15.1 Å². The molecule has 1 saturated heterocycles. The summed E-state index contributed by atoms with van der Waals surface area (Å²) < 4.78 is 2.63. The summed E-state index contributed by atoms with van der Waals surface area (Å²) in [6.45, 7) is 4.44. The number of hydrogen-bond donors (Lipinski definition) is 2. The lowest BCUT2D eigenvalue weighted by molar-refractivity contribution is 0.257. The highest BCUT2D eigenvalue weighted by atomic mass is 32.1. The number of nitrogens with one attached hydrogen (secondary N) is 1. The Kier molecular flexibility index (Phi) is 3.35. The van der Waals surface area contributed by atoms with Gasteiger partial charge in [0, 0.05) is 18.3 Å². The highest BCUT2D eigenvalue weighted by Gasteiger charge is 2.26. The maximum Gasteiger partial charge on any atom is 0.196 e. The van der Waals surface area contributed by atoms with Crippen molar-refractivity contribution in [1.82, 2.24) is 9.66 Å². The van der Waals surface area contributed by atoms with E-state index < -0.39 is 0 Å². The molecule has 4 nitrogen and oxygen atoms in total. The minimum absolute atomic E-state index is 0.0169. The largest absolute Gasteiger partial charge is 0.390 e. The van der Waals surface area contributed by atoms with Crippen molar-refractivity contribution in [2.24, 2.45) is 0 Å². The molecule has 0 radical (unpaired) electrons. The Bertz CT molecular complexity index is 402. The molecule has 1 aromatic heterocycles. The number of nitrogens with zero attached hydrogens (tertiary/aromatic N) is 2. The maximum absolute atomic E-state index is 9.32. The summed E-state index contributed by atoms with van der Waals surface area (Å²) >= 11 is 5.28. The SMILES string of the molecule is CC1CCCC(C)N1n1c(CO)c[nH]c1=S. The first-order valence-corrected chi connectivity index (χ1v) is 6.24. The van der Waals surface area contributed by atoms with Crippen molar-refractivity contribution in [3.05, 3.63) is 16.7 Å². The van der Waals surface area contributed by atoms with E-state index >= 15 is 0 Å². The number of aromatic amines is 1. The Morgan fingerprint density at radius 1 is 1.44 bits per heavy atom. The van der Waals surface area contributed by atoms with E-state index in [2.05, 4.69) is 23.8 Å². The molecule has 0 saturated carbocycles. The monoisotopic (exact) mass is 241 g/mol. The number of piperidine rings is 1. The molecule has 2 unspecified atom stereocenters. The van der Waals surface area contributed by atoms with Gasteiger partial charge in [-0.05, 0) is 45.3 Å². The lowest BCUT2D eigenvalue weighted by Crippen LogP contribution is -2.51. The summed E-state index contributed by atoms with van der Waals surface area (Å²) in [5.41, 5.74) is 0.839. The third-order valence-corrected chi connectivity index (χ3v) is 3.66. The molecule has 5 heteroatoms. The highest BCUT2D eigenvalue weighted by molar-refractivity contribution is 7.71. The number of rotatable bonds is 2. The van der Waals surface area contributed by atoms with Crippen LogP contribution in [-0.2, 0) is 6.61 Å². The van der Waals surface area contributed by atoms with E-state index in [1.807, 2.05) is 4.68 Å². The van der Waals surface area contributed by atoms with Gasteiger partial charge >= 0.3 is 0 Å². The molecule has 16 heavy (non-hydrogen) atoms. The van der Waals surface area contributed by atoms with Crippen molar-refractivity contribution in [3.8, 4) is 0 Å². The van der Waals surface area contributed by atoms with Crippen molar-refractivity contribution in [2.75, 3.05) is 5.01 Å². The Morgan fingerprint density at radius 3 is 2.62 bits per heavy atom. The van der Waals surface area contributed by atoms with Crippen molar-refractivity contribution < 1.29 is 5.11 Å². The van der Waals surface area contributed by atoms with Crippen molar-refractivity contribution in [2.45, 2.75) is 51.8 Å². The zero-order chi connectivity index (χ0) is 11.7. The van der Waals surface area contributed by atoms with Crippen LogP contribution in [0.15, 0.2) is 6.20 Å². The minimum Gasteiger partial charge on any atom is -0.390 e. The Labute approximate surface area is 101 Å². The summed E-state index contributed by atoms with van der Waals surface area (Å²) in [4.78, 5) is 3.00. The molecule has 2 atom stereocenters. The summed E-state index contributed by atoms with van der Waals surface area (Å²) in [5.74, 6) is 0. The third-order valence-electron chi connectivity index (χ3n) is 3.37. The molecule has 1 fully saturated rings. The molecule has 0 aromatic carbocycles. The van der Waals surface area contributed by atoms with Gasteiger partial charge in [-0.1, -0.05) is 0 Å². The van der Waals surface area contributed by atoms with Gasteiger partial charge in [0.25, 0.3) is 0 Å². The molecule has 0 spiro atoms. The van der Waals surface area contributed by atoms with E-state index in [4.69, 9.17) is 12.2 Å². The van der Waals surface area contributed by atoms with E-state index in [0.717, 1.165) is 5.69 Å². The number of H-pyrrole nitrogens is 1. The molecule has 1 aromatic rings. The summed E-state index contributed by atoms with van der Waals surface area (Å²) in [6.07, 6.45) is 5.42. The third kappa shape index (κ3) is 1.89. The van der Waals surface area contributed by atoms with Gasteiger partial charge in [0.05, 0.1) is 12.3 Å². The van der Waals surface area contributed by atoms with Gasteiger partial charge in [-0.15, -0.1) is 0 Å². The molecular weight excluding hydrogens is 222 g/mol. The van der Waals surface area contributed by atoms with Gasteiger partial charge in [-0.25, -0.2) is 4.68 Å². The van der Waals surface area contributed by atoms with Crippen LogP contribution in [0.3, 0.4) is 0 Å². The number of hydrogen-bond acceptors (Lipinski definition) is 3. The molecule has 1 aliphatic heterocycles. The predicted octanol–water partition coefficient (Wildman–Crippen LogP) is 1.94. The second-order valence-electron chi connectivity index (χ2n) is 4.56. The Hall–Kier alpha value is -0.810. The molecule has 0 amide bonds. The zero-order valence-electron chi connectivity index (χ0n) is 9.81. The Morgan fingerprint density at radius 2 is 2.06 bits per heavy atom. The first-order valence-electron chi connectivity index (χ1n) is 5.84. The number of aromatic nitrogens is 2. The van der Waals surface area contributed by atoms with Gasteiger partial charge in [0.15, 0.2) is 4.77 Å². The van der Waals surface area contributed by atoms with Crippen LogP contribution in [0.2, 0.25) is 0 Å². The maximum atomic E-state index is 9.32. The number of aliphatic hydroxyl groups is 1. The van der Waals surface area contributed by atoms with E-state index in [1.54, 1.807) is 6.20 Å². The summed E-state index contributed by atoms with van der Waals surface area (Å²) in [7, 11) is 0. The Balaban J connectivity index is 2.40. The second-order valence-corrected chi connectivity index (χ2v) is 4.95. The molecule has 0 bridgehead atoms. The molecule has 90 valence electrons. The smallest absolute Gasteiger partial charge is 0.196 e. The van der Waals surface area contributed by atoms with Crippen LogP contribution in [-0.4, -0.2) is 26.9 Å². The van der Waals surface area contributed by atoms with Crippen LogP contribution < -0.4 is 5.01 Å². The second kappa shape index (κ2) is 4.59. The fraction of sp³-hybridized carbons (Fsp3) is 0.727. The van der Waals surface area contributed by atoms with E-state index in [0.29, 0.717) is 16.9 Å². The normalized spacial score (nSPS) is 26.1. The number of imidazole rings is 1. The lowest BCUT2D eigenvalue weighted by atomic mass is 10.00. The van der Waals surface area contributed by atoms with Crippen molar-refractivity contribution in [1.29, 1.82) is 0 Å². The average molecular weight is 241 g/mol. The van der Waals surface area contributed by atoms with Crippen LogP contribution in [0.25, 0.3) is 0 Å². The fourth-order valence-electron chi connectivity index (χ4n) is 2.57. The van der Waals surface area contributed by atoms with Crippen LogP contribution in [0.1, 0.15) is 38.8 Å². The first kappa shape index (κ1) is 11.7. The van der Waals surface area contributed by atoms with Gasteiger partial charge in [0.1, 0.15) is 0 Å². The van der Waals surface area contributed by atoms with Gasteiger partial charge in [-0.3, -0.25) is 0 Å². The molecular formula is C11H19N3OS. The predicted molar refractivity (Wildman–Crippen MR) is 66.5 cm³/mol. The topological polar surface area (TPSA) is 44.2 Å². The summed E-state index contributed by atoms with van der Waals surface area (Å²) in [6, 6.07) is 0.938. The molecule has 2 rings (SSSR count). The fourth-order valence-corrected chi connectivity index (χ4v) is 2.84. The molecule has 0 aliphatic carbocycles. The van der Waals surface area contributed by atoms with E-state index in [-0.39, 0.29) is 6.61 Å². The van der Waals surface area contributed by atoms with Gasteiger partial charge in [-0.2, -0.15) is 0 Å². The highest BCUT2D eigenvalue weighted by Crippen LogP contribution is 2.22. The number of aliphatic hydroxyl groups excluding tert-OH is 1. The lowest BCUT2D eigenvalue weighted by Gasteiger charge is -2.41. The van der Waals surface area contributed by atoms with Crippen molar-refractivity contribution in [3.63, 3.8) is 0 Å². The zero-order valence-corrected chi connectivity index (χ0v) is 10.6. The van der Waals surface area contributed by atoms with E-state index in [1.165, 1.54) is 19.3 Å². The van der Waals surface area contributed by atoms with E-state index in [9.17, 15) is 5.11 Å². The van der Waals surface area contributed by atoms with Crippen LogP contribution >= 0.6 is 12.2 Å². The van der Waals surface area contributed by atoms with Crippen LogP contribution in [0.4, 0.5) is 0 Å². The summed E-state index contributed by atoms with van der Waals surface area (Å²) in [5, 5.41) is 11.6. The van der Waals surface area contributed by atoms with Crippen molar-refractivity contribution >= 4 is 12.2 Å². The van der Waals surface area contributed by atoms with Gasteiger partial charge in [0.2, 0.25) is 0 Å². The molecule has 2 N–H and O–H groups in total. The standard InChI is InChI=1S/C11H19N3OS/c1-8-4-3-5-9(2)13(8)14-10(7-15)6-12-11(14)16/h6,8-9,15H,3-5,7H2,1-2H3,(H,12,16). The van der Waals surface area contributed by atoms with Crippen LogP contribution in [0.5, 0.6) is 0 Å². The average Bonchev–Trinajstić information content (AvgIpc) is 2.60.